The van der Waals surface area contributed by atoms with Crippen LogP contribution in [-0.4, -0.2) is 12.4 Å². The quantitative estimate of drug-likeness (QED) is 0.540. The standard InChI is InChI=1S/C14H12BrClOS/c15-11-5-7-12(8-6-11)17-9-10-18-14-4-2-1-3-13(14)16/h1-8H,9-10H2. The van der Waals surface area contributed by atoms with Gasteiger partial charge in [0.2, 0.25) is 0 Å². The Morgan fingerprint density at radius 2 is 1.78 bits per heavy atom. The normalized spacial score (nSPS) is 10.3. The lowest BCUT2D eigenvalue weighted by molar-refractivity contribution is 0.344. The van der Waals surface area contributed by atoms with Gasteiger partial charge in [0.15, 0.2) is 0 Å². The average Bonchev–Trinajstić information content (AvgIpc) is 2.39. The molecule has 0 aliphatic heterocycles. The van der Waals surface area contributed by atoms with Crippen LogP contribution in [0, 0.1) is 0 Å². The van der Waals surface area contributed by atoms with Gasteiger partial charge < -0.3 is 4.74 Å². The van der Waals surface area contributed by atoms with Gasteiger partial charge in [-0.15, -0.1) is 11.8 Å². The van der Waals surface area contributed by atoms with Crippen molar-refractivity contribution in [2.24, 2.45) is 0 Å². The van der Waals surface area contributed by atoms with Crippen molar-refractivity contribution in [2.75, 3.05) is 12.4 Å². The zero-order chi connectivity index (χ0) is 12.8. The monoisotopic (exact) mass is 342 g/mol. The maximum atomic E-state index is 6.07. The summed E-state index contributed by atoms with van der Waals surface area (Å²) in [6, 6.07) is 15.7. The highest BCUT2D eigenvalue weighted by Gasteiger charge is 1.99. The number of rotatable bonds is 5. The van der Waals surface area contributed by atoms with Crippen LogP contribution in [0.3, 0.4) is 0 Å². The highest BCUT2D eigenvalue weighted by molar-refractivity contribution is 9.10. The van der Waals surface area contributed by atoms with E-state index in [0.29, 0.717) is 6.61 Å². The summed E-state index contributed by atoms with van der Waals surface area (Å²) in [7, 11) is 0. The maximum Gasteiger partial charge on any atom is 0.119 e. The first-order valence-corrected chi connectivity index (χ1v) is 7.67. The Bertz CT molecular complexity index is 501. The fourth-order valence-electron chi connectivity index (χ4n) is 1.40. The molecule has 1 nitrogen and oxygen atoms in total. The summed E-state index contributed by atoms with van der Waals surface area (Å²) < 4.78 is 6.69. The van der Waals surface area contributed by atoms with Crippen LogP contribution in [0.2, 0.25) is 5.02 Å². The van der Waals surface area contributed by atoms with Gasteiger partial charge in [-0.1, -0.05) is 39.7 Å². The van der Waals surface area contributed by atoms with E-state index in [2.05, 4.69) is 15.9 Å². The number of benzene rings is 2. The largest absolute Gasteiger partial charge is 0.493 e. The average molecular weight is 344 g/mol. The predicted molar refractivity (Wildman–Crippen MR) is 81.8 cm³/mol. The lowest BCUT2D eigenvalue weighted by Gasteiger charge is -2.06. The van der Waals surface area contributed by atoms with Gasteiger partial charge in [-0.3, -0.25) is 0 Å². The van der Waals surface area contributed by atoms with Crippen molar-refractivity contribution in [1.82, 2.24) is 0 Å². The molecule has 0 unspecified atom stereocenters. The van der Waals surface area contributed by atoms with E-state index >= 15 is 0 Å². The molecular formula is C14H12BrClOS. The third-order valence-corrected chi connectivity index (χ3v) is 4.27. The summed E-state index contributed by atoms with van der Waals surface area (Å²) in [5, 5.41) is 0.797. The molecule has 0 saturated carbocycles. The van der Waals surface area contributed by atoms with Crippen molar-refractivity contribution in [3.8, 4) is 5.75 Å². The summed E-state index contributed by atoms with van der Waals surface area (Å²) in [6.45, 7) is 0.664. The van der Waals surface area contributed by atoms with E-state index in [1.54, 1.807) is 11.8 Å². The molecule has 0 aromatic heterocycles. The molecule has 4 heteroatoms. The van der Waals surface area contributed by atoms with E-state index in [4.69, 9.17) is 16.3 Å². The molecule has 0 amide bonds. The molecule has 0 saturated heterocycles. The van der Waals surface area contributed by atoms with Gasteiger partial charge in [-0.2, -0.15) is 0 Å². The Morgan fingerprint density at radius 3 is 2.50 bits per heavy atom. The molecule has 2 rings (SSSR count). The Morgan fingerprint density at radius 1 is 1.06 bits per heavy atom. The third kappa shape index (κ3) is 4.23. The topological polar surface area (TPSA) is 9.23 Å². The first-order valence-electron chi connectivity index (χ1n) is 5.51. The molecule has 2 aromatic carbocycles. The summed E-state index contributed by atoms with van der Waals surface area (Å²) in [4.78, 5) is 1.10. The smallest absolute Gasteiger partial charge is 0.119 e. The molecule has 0 radical (unpaired) electrons. The molecule has 0 spiro atoms. The van der Waals surface area contributed by atoms with Gasteiger partial charge in [-0.05, 0) is 36.4 Å². The van der Waals surface area contributed by atoms with Crippen LogP contribution < -0.4 is 4.74 Å². The van der Waals surface area contributed by atoms with Crippen LogP contribution in [0.25, 0.3) is 0 Å². The molecule has 0 aliphatic carbocycles. The Labute approximate surface area is 125 Å². The van der Waals surface area contributed by atoms with E-state index in [1.165, 1.54) is 0 Å². The highest BCUT2D eigenvalue weighted by Crippen LogP contribution is 2.26. The summed E-state index contributed by atoms with van der Waals surface area (Å²) >= 11 is 11.2. The summed E-state index contributed by atoms with van der Waals surface area (Å²) in [5.41, 5.74) is 0. The first-order chi connectivity index (χ1) is 8.75. The van der Waals surface area contributed by atoms with Crippen LogP contribution in [0.15, 0.2) is 57.9 Å². The van der Waals surface area contributed by atoms with Crippen molar-refractivity contribution < 1.29 is 4.74 Å². The number of thioether (sulfide) groups is 1. The number of halogens is 2. The molecule has 0 atom stereocenters. The Balaban J connectivity index is 1.76. The van der Waals surface area contributed by atoms with E-state index in [-0.39, 0.29) is 0 Å². The zero-order valence-electron chi connectivity index (χ0n) is 9.61. The predicted octanol–water partition coefficient (Wildman–Crippen LogP) is 5.27. The fourth-order valence-corrected chi connectivity index (χ4v) is 2.73. The van der Waals surface area contributed by atoms with Crippen LogP contribution in [0.5, 0.6) is 5.75 Å². The highest BCUT2D eigenvalue weighted by atomic mass is 79.9. The maximum absolute atomic E-state index is 6.07. The number of hydrogen-bond donors (Lipinski definition) is 0. The SMILES string of the molecule is Clc1ccccc1SCCOc1ccc(Br)cc1. The lowest BCUT2D eigenvalue weighted by Crippen LogP contribution is -1.99. The van der Waals surface area contributed by atoms with Crippen molar-refractivity contribution in [3.05, 3.63) is 58.0 Å². The van der Waals surface area contributed by atoms with Crippen molar-refractivity contribution in [2.45, 2.75) is 4.90 Å². The molecule has 0 heterocycles. The molecule has 94 valence electrons. The molecule has 2 aromatic rings. The lowest BCUT2D eigenvalue weighted by atomic mass is 10.3. The summed E-state index contributed by atoms with van der Waals surface area (Å²) in [6.07, 6.45) is 0. The second kappa shape index (κ2) is 7.07. The minimum absolute atomic E-state index is 0.664. The van der Waals surface area contributed by atoms with Crippen molar-refractivity contribution >= 4 is 39.3 Å². The van der Waals surface area contributed by atoms with E-state index in [0.717, 1.165) is 25.9 Å². The van der Waals surface area contributed by atoms with Crippen molar-refractivity contribution in [3.63, 3.8) is 0 Å². The van der Waals surface area contributed by atoms with E-state index in [1.807, 2.05) is 48.5 Å². The minimum atomic E-state index is 0.664. The molecule has 18 heavy (non-hydrogen) atoms. The zero-order valence-corrected chi connectivity index (χ0v) is 12.8. The third-order valence-electron chi connectivity index (χ3n) is 2.26. The number of hydrogen-bond acceptors (Lipinski definition) is 2. The molecule has 0 bridgehead atoms. The van der Waals surface area contributed by atoms with Crippen molar-refractivity contribution in [1.29, 1.82) is 0 Å². The van der Waals surface area contributed by atoms with Crippen LogP contribution >= 0.6 is 39.3 Å². The minimum Gasteiger partial charge on any atom is -0.493 e. The van der Waals surface area contributed by atoms with E-state index < -0.39 is 0 Å². The first kappa shape index (κ1) is 13.8. The second-order valence-electron chi connectivity index (χ2n) is 3.58. The van der Waals surface area contributed by atoms with E-state index in [9.17, 15) is 0 Å². The Kier molecular flexibility index (Phi) is 5.42. The molecule has 0 N–H and O–H groups in total. The molecule has 0 aliphatic rings. The number of ether oxygens (including phenoxy) is 1. The van der Waals surface area contributed by atoms with Gasteiger partial charge in [0, 0.05) is 15.1 Å². The molecule has 0 fully saturated rings. The Hall–Kier alpha value is -0.640. The van der Waals surface area contributed by atoms with Gasteiger partial charge in [0.25, 0.3) is 0 Å². The van der Waals surface area contributed by atoms with Gasteiger partial charge in [0.1, 0.15) is 5.75 Å². The van der Waals surface area contributed by atoms with Crippen LogP contribution in [0.1, 0.15) is 0 Å². The molecular weight excluding hydrogens is 332 g/mol. The van der Waals surface area contributed by atoms with Gasteiger partial charge >= 0.3 is 0 Å². The van der Waals surface area contributed by atoms with Crippen LogP contribution in [0.4, 0.5) is 0 Å². The van der Waals surface area contributed by atoms with Crippen LogP contribution in [-0.2, 0) is 0 Å². The fraction of sp³-hybridized carbons (Fsp3) is 0.143. The van der Waals surface area contributed by atoms with Gasteiger partial charge in [-0.25, -0.2) is 0 Å². The van der Waals surface area contributed by atoms with Gasteiger partial charge in [0.05, 0.1) is 11.6 Å². The second-order valence-corrected chi connectivity index (χ2v) is 6.04. The summed E-state index contributed by atoms with van der Waals surface area (Å²) in [5.74, 6) is 1.76.